The number of carbonyl (C=O) groups excluding carboxylic acids is 1. The molecule has 0 aromatic heterocycles. The number of hydrogen-bond donors (Lipinski definition) is 0. The first kappa shape index (κ1) is 7.84. The Morgan fingerprint density at radius 1 is 1.56 bits per heavy atom. The van der Waals surface area contributed by atoms with Crippen LogP contribution in [0.25, 0.3) is 5.53 Å². The molecular formula is C3F3N2O. The summed E-state index contributed by atoms with van der Waals surface area (Å²) >= 11 is 0. The van der Waals surface area contributed by atoms with Crippen LogP contribution in [0.3, 0.4) is 0 Å². The lowest BCUT2D eigenvalue weighted by Crippen LogP contribution is -2.24. The highest BCUT2D eigenvalue weighted by atomic mass is 19.4. The predicted octanol–water partition coefficient (Wildman–Crippen LogP) is 0.329. The third-order valence-corrected chi connectivity index (χ3v) is 0.465. The molecule has 0 bridgehead atoms. The Labute approximate surface area is 47.7 Å². The molecule has 0 N–H and O–H groups in total. The van der Waals surface area contributed by atoms with Crippen molar-refractivity contribution in [1.82, 2.24) is 0 Å². The summed E-state index contributed by atoms with van der Waals surface area (Å²) < 4.78 is 33.5. The minimum Gasteiger partial charge on any atom is -0.361 e. The van der Waals surface area contributed by atoms with Crippen molar-refractivity contribution >= 4 is 12.0 Å². The molecule has 0 aliphatic heterocycles. The summed E-state index contributed by atoms with van der Waals surface area (Å²) in [4.78, 5) is 10.9. The van der Waals surface area contributed by atoms with E-state index in [4.69, 9.17) is 5.53 Å². The van der Waals surface area contributed by atoms with Crippen LogP contribution >= 0.6 is 0 Å². The second-order valence-electron chi connectivity index (χ2n) is 1.05. The molecule has 0 aliphatic carbocycles. The van der Waals surface area contributed by atoms with E-state index in [0.717, 1.165) is 0 Å². The van der Waals surface area contributed by atoms with Crippen LogP contribution in [0.2, 0.25) is 0 Å². The first-order chi connectivity index (χ1) is 4.02. The first-order valence-corrected chi connectivity index (χ1v) is 1.69. The number of halogens is 3. The third kappa shape index (κ3) is 2.05. The van der Waals surface area contributed by atoms with Gasteiger partial charge in [0.05, 0.1) is 0 Å². The minimum absolute atomic E-state index is 0.417. The van der Waals surface area contributed by atoms with Gasteiger partial charge in [0.15, 0.2) is 0 Å². The Balaban J connectivity index is 4.53. The second-order valence-corrected chi connectivity index (χ2v) is 1.05. The van der Waals surface area contributed by atoms with Crippen LogP contribution in [0.5, 0.6) is 0 Å². The lowest BCUT2D eigenvalue weighted by molar-refractivity contribution is -0.108. The maximum absolute atomic E-state index is 11.2. The Hall–Kier alpha value is -1.16. The Kier molecular flexibility index (Phi) is 2.10. The van der Waals surface area contributed by atoms with Gasteiger partial charge in [-0.25, -0.2) is 0 Å². The quantitative estimate of drug-likeness (QED) is 0.292. The van der Waals surface area contributed by atoms with Crippen LogP contribution in [-0.4, -0.2) is 23.0 Å². The molecule has 0 saturated heterocycles. The van der Waals surface area contributed by atoms with Crippen molar-refractivity contribution in [3.8, 4) is 0 Å². The first-order valence-electron chi connectivity index (χ1n) is 1.69. The smallest absolute Gasteiger partial charge is 0.361 e. The molecule has 3 nitrogen and oxygen atoms in total. The highest BCUT2D eigenvalue weighted by Gasteiger charge is 2.44. The Morgan fingerprint density at radius 2 is 2.00 bits per heavy atom. The molecule has 0 aromatic carbocycles. The molecule has 9 heavy (non-hydrogen) atoms. The fourth-order valence-corrected chi connectivity index (χ4v) is 0.135. The highest BCUT2D eigenvalue weighted by molar-refractivity contribution is 6.28. The van der Waals surface area contributed by atoms with Crippen LogP contribution in [0.4, 0.5) is 13.2 Å². The molecule has 0 heterocycles. The fraction of sp³-hybridized carbons (Fsp3) is 0.333. The Bertz CT molecular complexity index is 166. The molecule has 49 valence electrons. The molecule has 0 aliphatic rings. The lowest BCUT2D eigenvalue weighted by Gasteiger charge is -1.90. The van der Waals surface area contributed by atoms with Gasteiger partial charge < -0.3 is 5.53 Å². The van der Waals surface area contributed by atoms with E-state index < -0.39 is 11.9 Å². The van der Waals surface area contributed by atoms with Gasteiger partial charge in [-0.3, -0.25) is 4.79 Å². The molecule has 0 saturated carbocycles. The monoisotopic (exact) mass is 137 g/mol. The van der Waals surface area contributed by atoms with E-state index >= 15 is 0 Å². The summed E-state index contributed by atoms with van der Waals surface area (Å²) in [5, 5.41) is 0. The van der Waals surface area contributed by atoms with E-state index in [9.17, 15) is 18.0 Å². The Morgan fingerprint density at radius 3 is 2.00 bits per heavy atom. The van der Waals surface area contributed by atoms with Crippen molar-refractivity contribution in [2.45, 2.75) is 6.18 Å². The SMILES string of the molecule is [N-]=[N+]=C([C]=O)C(F)(F)F. The van der Waals surface area contributed by atoms with Gasteiger partial charge >= 0.3 is 18.2 Å². The molecular weight excluding hydrogens is 137 g/mol. The standard InChI is InChI=1S/C3F3N2O/c4-3(5,6)2(1-9)8-7. The normalized spacial score (nSPS) is 10.1. The molecule has 6 heteroatoms. The molecule has 0 aromatic rings. The average Bonchev–Trinajstić information content (AvgIpc) is 1.65. The zero-order chi connectivity index (χ0) is 7.49. The van der Waals surface area contributed by atoms with Crippen LogP contribution in [0.15, 0.2) is 0 Å². The molecule has 0 unspecified atom stereocenters. The summed E-state index contributed by atoms with van der Waals surface area (Å²) in [6, 6.07) is 0. The van der Waals surface area contributed by atoms with Gasteiger partial charge in [-0.2, -0.15) is 18.0 Å². The van der Waals surface area contributed by atoms with Crippen molar-refractivity contribution in [2.24, 2.45) is 0 Å². The van der Waals surface area contributed by atoms with Crippen molar-refractivity contribution < 1.29 is 22.8 Å². The summed E-state index contributed by atoms with van der Waals surface area (Å²) in [6.45, 7) is 0. The summed E-state index contributed by atoms with van der Waals surface area (Å²) in [5.41, 5.74) is 5.51. The largest absolute Gasteiger partial charge is 0.499 e. The number of alkyl halides is 3. The zero-order valence-electron chi connectivity index (χ0n) is 3.94. The summed E-state index contributed by atoms with van der Waals surface area (Å²) in [5.74, 6) is 0. The van der Waals surface area contributed by atoms with Crippen molar-refractivity contribution in [3.05, 3.63) is 5.53 Å². The van der Waals surface area contributed by atoms with Gasteiger partial charge in [-0.05, 0) is 0 Å². The summed E-state index contributed by atoms with van der Waals surface area (Å²) in [7, 11) is 0. The van der Waals surface area contributed by atoms with Crippen LogP contribution in [0, 0.1) is 0 Å². The zero-order valence-corrected chi connectivity index (χ0v) is 3.94. The van der Waals surface area contributed by atoms with Gasteiger partial charge in [0.1, 0.15) is 0 Å². The maximum atomic E-state index is 11.2. The van der Waals surface area contributed by atoms with Gasteiger partial charge in [0, 0.05) is 0 Å². The summed E-state index contributed by atoms with van der Waals surface area (Å²) in [6.07, 6.45) is -4.49. The van der Waals surface area contributed by atoms with Crippen LogP contribution in [0.1, 0.15) is 0 Å². The third-order valence-electron chi connectivity index (χ3n) is 0.465. The molecule has 0 spiro atoms. The van der Waals surface area contributed by atoms with Crippen molar-refractivity contribution in [3.63, 3.8) is 0 Å². The van der Waals surface area contributed by atoms with E-state index in [2.05, 4.69) is 0 Å². The van der Waals surface area contributed by atoms with E-state index in [1.807, 2.05) is 0 Å². The van der Waals surface area contributed by atoms with Crippen molar-refractivity contribution in [1.29, 1.82) is 0 Å². The molecule has 0 amide bonds. The topological polar surface area (TPSA) is 53.5 Å². The minimum atomic E-state index is -4.91. The van der Waals surface area contributed by atoms with E-state index in [1.165, 1.54) is 0 Å². The van der Waals surface area contributed by atoms with Gasteiger partial charge in [0.2, 0.25) is 0 Å². The average molecular weight is 137 g/mol. The van der Waals surface area contributed by atoms with E-state index in [0.29, 0.717) is 6.29 Å². The number of nitrogens with zero attached hydrogens (tertiary/aromatic N) is 2. The lowest BCUT2D eigenvalue weighted by atomic mass is 10.4. The molecule has 0 atom stereocenters. The molecule has 0 fully saturated rings. The second kappa shape index (κ2) is 2.41. The van der Waals surface area contributed by atoms with Crippen LogP contribution < -0.4 is 0 Å². The van der Waals surface area contributed by atoms with E-state index in [-0.39, 0.29) is 0 Å². The number of rotatable bonds is 1. The van der Waals surface area contributed by atoms with E-state index in [1.54, 1.807) is 4.79 Å². The van der Waals surface area contributed by atoms with Gasteiger partial charge in [-0.1, -0.05) is 0 Å². The number of hydrogen-bond acceptors (Lipinski definition) is 1. The van der Waals surface area contributed by atoms with Gasteiger partial charge in [0.25, 0.3) is 0 Å². The predicted molar refractivity (Wildman–Crippen MR) is 20.4 cm³/mol. The van der Waals surface area contributed by atoms with Crippen molar-refractivity contribution in [2.75, 3.05) is 0 Å². The highest BCUT2D eigenvalue weighted by Crippen LogP contribution is 2.13. The van der Waals surface area contributed by atoms with Crippen LogP contribution in [-0.2, 0) is 4.79 Å². The molecule has 1 radical (unpaired) electrons. The fourth-order valence-electron chi connectivity index (χ4n) is 0.135. The molecule has 0 rings (SSSR count). The maximum Gasteiger partial charge on any atom is 0.499 e. The van der Waals surface area contributed by atoms with Gasteiger partial charge in [-0.15, -0.1) is 0 Å².